The number of carbonyl (C=O) groups is 2. The molecule has 5 nitrogen and oxygen atoms in total. The van der Waals surface area contributed by atoms with E-state index >= 15 is 0 Å². The molecule has 1 amide bonds. The molecule has 1 atom stereocenters. The highest BCUT2D eigenvalue weighted by atomic mass is 32.2. The summed E-state index contributed by atoms with van der Waals surface area (Å²) in [7, 11) is 0. The normalized spacial score (nSPS) is 18.9. The van der Waals surface area contributed by atoms with Gasteiger partial charge in [0.25, 0.3) is 5.91 Å². The van der Waals surface area contributed by atoms with Gasteiger partial charge in [0.2, 0.25) is 0 Å². The van der Waals surface area contributed by atoms with Crippen LogP contribution in [0.1, 0.15) is 29.4 Å². The summed E-state index contributed by atoms with van der Waals surface area (Å²) in [6.45, 7) is 3.55. The van der Waals surface area contributed by atoms with Crippen LogP contribution in [0.2, 0.25) is 0 Å². The van der Waals surface area contributed by atoms with E-state index in [1.54, 1.807) is 18.3 Å². The first-order valence-electron chi connectivity index (χ1n) is 6.88. The van der Waals surface area contributed by atoms with Crippen LogP contribution in [0.4, 0.5) is 0 Å². The number of amides is 1. The molecule has 1 aliphatic rings. The van der Waals surface area contributed by atoms with Crippen LogP contribution in [0.3, 0.4) is 0 Å². The lowest BCUT2D eigenvalue weighted by molar-refractivity contribution is -0.131. The van der Waals surface area contributed by atoms with Crippen molar-refractivity contribution in [2.75, 3.05) is 18.8 Å². The van der Waals surface area contributed by atoms with Crippen LogP contribution < -0.4 is 0 Å². The van der Waals surface area contributed by atoms with Crippen molar-refractivity contribution < 1.29 is 14.7 Å². The molecule has 112 valence electrons. The Morgan fingerprint density at radius 2 is 2.38 bits per heavy atom. The first kappa shape index (κ1) is 15.6. The number of hydrogen-bond donors (Lipinski definition) is 1. The average molecular weight is 306 g/mol. The van der Waals surface area contributed by atoms with Crippen LogP contribution in [0, 0.1) is 0 Å². The fourth-order valence-electron chi connectivity index (χ4n) is 2.19. The van der Waals surface area contributed by atoms with Crippen molar-refractivity contribution in [1.82, 2.24) is 9.88 Å². The first-order valence-corrected chi connectivity index (χ1v) is 7.93. The molecule has 0 bridgehead atoms. The van der Waals surface area contributed by atoms with Crippen molar-refractivity contribution in [3.63, 3.8) is 0 Å². The third-order valence-corrected chi connectivity index (χ3v) is 4.70. The van der Waals surface area contributed by atoms with Crippen LogP contribution in [0.5, 0.6) is 0 Å². The van der Waals surface area contributed by atoms with Gasteiger partial charge in [-0.2, -0.15) is 11.8 Å². The lowest BCUT2D eigenvalue weighted by Crippen LogP contribution is -2.42. The Kier molecular flexibility index (Phi) is 5.38. The minimum absolute atomic E-state index is 0.126. The third kappa shape index (κ3) is 4.07. The van der Waals surface area contributed by atoms with Crippen LogP contribution in [0.15, 0.2) is 24.4 Å². The number of aromatic nitrogens is 1. The number of carbonyl (C=O) groups excluding carboxylic acids is 1. The van der Waals surface area contributed by atoms with E-state index in [9.17, 15) is 9.59 Å². The predicted molar refractivity (Wildman–Crippen MR) is 83.3 cm³/mol. The predicted octanol–water partition coefficient (Wildman–Crippen LogP) is 2.15. The van der Waals surface area contributed by atoms with Gasteiger partial charge in [-0.15, -0.1) is 0 Å². The Labute approximate surface area is 128 Å². The van der Waals surface area contributed by atoms with Gasteiger partial charge in [-0.1, -0.05) is 13.0 Å². The summed E-state index contributed by atoms with van der Waals surface area (Å²) in [5.74, 6) is -0.241. The summed E-state index contributed by atoms with van der Waals surface area (Å²) in [5.41, 5.74) is 0.855. The van der Waals surface area contributed by atoms with Crippen molar-refractivity contribution in [3.8, 4) is 0 Å². The van der Waals surface area contributed by atoms with Gasteiger partial charge in [-0.3, -0.25) is 9.78 Å². The topological polar surface area (TPSA) is 70.5 Å². The molecule has 1 saturated heterocycles. The van der Waals surface area contributed by atoms with Crippen LogP contribution >= 0.6 is 11.8 Å². The highest BCUT2D eigenvalue weighted by molar-refractivity contribution is 8.00. The molecular formula is C15H18N2O3S. The lowest BCUT2D eigenvalue weighted by Gasteiger charge is -2.31. The molecule has 1 unspecified atom stereocenters. The van der Waals surface area contributed by atoms with E-state index in [1.807, 2.05) is 16.7 Å². The zero-order valence-corrected chi connectivity index (χ0v) is 12.7. The quantitative estimate of drug-likeness (QED) is 0.863. The maximum absolute atomic E-state index is 12.6. The van der Waals surface area contributed by atoms with Gasteiger partial charge < -0.3 is 10.0 Å². The number of aliphatic carboxylic acids is 1. The summed E-state index contributed by atoms with van der Waals surface area (Å²) in [4.78, 5) is 29.2. The van der Waals surface area contributed by atoms with Crippen molar-refractivity contribution in [3.05, 3.63) is 35.7 Å². The number of carboxylic acid groups (broad SMARTS) is 1. The molecule has 1 aliphatic heterocycles. The van der Waals surface area contributed by atoms with E-state index in [1.165, 1.54) is 6.08 Å². The summed E-state index contributed by atoms with van der Waals surface area (Å²) >= 11 is 1.89. The number of nitrogens with zero attached hydrogens (tertiary/aromatic N) is 2. The number of carboxylic acids is 1. The van der Waals surface area contributed by atoms with Gasteiger partial charge in [0.05, 0.1) is 0 Å². The maximum atomic E-state index is 12.6. The molecule has 0 aliphatic carbocycles. The van der Waals surface area contributed by atoms with Gasteiger partial charge in [-0.05, 0) is 18.6 Å². The summed E-state index contributed by atoms with van der Waals surface area (Å²) in [5, 5.41) is 9.18. The Balaban J connectivity index is 2.20. The van der Waals surface area contributed by atoms with Crippen molar-refractivity contribution in [2.24, 2.45) is 0 Å². The lowest BCUT2D eigenvalue weighted by atomic mass is 10.1. The smallest absolute Gasteiger partial charge is 0.328 e. The van der Waals surface area contributed by atoms with E-state index in [0.717, 1.165) is 24.8 Å². The van der Waals surface area contributed by atoms with Gasteiger partial charge in [0.15, 0.2) is 0 Å². The van der Waals surface area contributed by atoms with E-state index < -0.39 is 5.97 Å². The molecule has 1 N–H and O–H groups in total. The molecule has 0 radical (unpaired) electrons. The summed E-state index contributed by atoms with van der Waals surface area (Å²) < 4.78 is 0. The van der Waals surface area contributed by atoms with Crippen molar-refractivity contribution in [1.29, 1.82) is 0 Å². The minimum Gasteiger partial charge on any atom is -0.478 e. The maximum Gasteiger partial charge on any atom is 0.328 e. The summed E-state index contributed by atoms with van der Waals surface area (Å²) in [6.07, 6.45) is 5.02. The average Bonchev–Trinajstić information content (AvgIpc) is 2.52. The molecule has 1 fully saturated rings. The molecule has 1 aromatic rings. The fraction of sp³-hybridized carbons (Fsp3) is 0.400. The second-order valence-electron chi connectivity index (χ2n) is 4.77. The zero-order chi connectivity index (χ0) is 15.2. The second-order valence-corrected chi connectivity index (χ2v) is 6.17. The Bertz CT molecular complexity index is 560. The first-order chi connectivity index (χ1) is 10.1. The fourth-order valence-corrected chi connectivity index (χ4v) is 3.37. The van der Waals surface area contributed by atoms with Gasteiger partial charge >= 0.3 is 5.97 Å². The van der Waals surface area contributed by atoms with Crippen molar-refractivity contribution >= 4 is 29.7 Å². The third-order valence-electron chi connectivity index (χ3n) is 3.33. The molecule has 0 saturated carbocycles. The molecular weight excluding hydrogens is 288 g/mol. The number of hydrogen-bond acceptors (Lipinski definition) is 4. The second kappa shape index (κ2) is 7.26. The summed E-state index contributed by atoms with van der Waals surface area (Å²) in [6, 6.07) is 3.40. The Hall–Kier alpha value is -1.82. The standard InChI is InChI=1S/C15H18N2O3S/c1-2-12-10-17(8-9-21-12)15(20)14-11(4-3-7-16-14)5-6-13(18)19/h3-7,12H,2,8-10H2,1H3,(H,18,19)/b6-5+. The number of pyridine rings is 1. The van der Waals surface area contributed by atoms with E-state index in [4.69, 9.17) is 5.11 Å². The molecule has 0 spiro atoms. The van der Waals surface area contributed by atoms with E-state index in [0.29, 0.717) is 23.1 Å². The van der Waals surface area contributed by atoms with Crippen LogP contribution in [0.25, 0.3) is 6.08 Å². The molecule has 0 aromatic carbocycles. The Morgan fingerprint density at radius 3 is 3.10 bits per heavy atom. The largest absolute Gasteiger partial charge is 0.478 e. The van der Waals surface area contributed by atoms with Gasteiger partial charge in [0, 0.05) is 41.9 Å². The van der Waals surface area contributed by atoms with E-state index in [-0.39, 0.29) is 5.91 Å². The minimum atomic E-state index is -1.04. The monoisotopic (exact) mass is 306 g/mol. The molecule has 6 heteroatoms. The number of rotatable bonds is 4. The van der Waals surface area contributed by atoms with Crippen LogP contribution in [-0.4, -0.2) is 51.0 Å². The van der Waals surface area contributed by atoms with Crippen LogP contribution in [-0.2, 0) is 4.79 Å². The molecule has 1 aromatic heterocycles. The Morgan fingerprint density at radius 1 is 1.57 bits per heavy atom. The van der Waals surface area contributed by atoms with Crippen molar-refractivity contribution in [2.45, 2.75) is 18.6 Å². The highest BCUT2D eigenvalue weighted by Crippen LogP contribution is 2.23. The number of thioether (sulfide) groups is 1. The molecule has 21 heavy (non-hydrogen) atoms. The van der Waals surface area contributed by atoms with Gasteiger partial charge in [0.1, 0.15) is 5.69 Å². The SMILES string of the molecule is CCC1CN(C(=O)c2ncccc2/C=C/C(=O)O)CCS1. The van der Waals surface area contributed by atoms with Gasteiger partial charge in [-0.25, -0.2) is 4.79 Å². The molecule has 2 rings (SSSR count). The van der Waals surface area contributed by atoms with E-state index in [2.05, 4.69) is 11.9 Å². The zero-order valence-electron chi connectivity index (χ0n) is 11.9. The molecule has 2 heterocycles. The highest BCUT2D eigenvalue weighted by Gasteiger charge is 2.25.